The number of Topliss-reactive ketones (excluding diaryl/α,β-unsaturated/α-hetero) is 1. The summed E-state index contributed by atoms with van der Waals surface area (Å²) in [4.78, 5) is 19.9. The van der Waals surface area contributed by atoms with Crippen LogP contribution in [0, 0.1) is 5.92 Å². The van der Waals surface area contributed by atoms with Crippen LogP contribution in [0.5, 0.6) is 5.88 Å². The van der Waals surface area contributed by atoms with Gasteiger partial charge in [-0.15, -0.1) is 0 Å². The van der Waals surface area contributed by atoms with Gasteiger partial charge in [-0.3, -0.25) is 4.79 Å². The SMILES string of the molecule is CCCC(C)C(=O)c1nccnc1OC. The summed E-state index contributed by atoms with van der Waals surface area (Å²) in [5.74, 6) is 0.285. The number of aromatic nitrogens is 2. The van der Waals surface area contributed by atoms with Crippen LogP contribution in [0.1, 0.15) is 37.2 Å². The van der Waals surface area contributed by atoms with Gasteiger partial charge >= 0.3 is 0 Å². The summed E-state index contributed by atoms with van der Waals surface area (Å²) in [5.41, 5.74) is 0.334. The summed E-state index contributed by atoms with van der Waals surface area (Å²) in [7, 11) is 1.49. The van der Waals surface area contributed by atoms with Crippen LogP contribution in [0.3, 0.4) is 0 Å². The molecule has 0 aliphatic heterocycles. The summed E-state index contributed by atoms with van der Waals surface area (Å²) in [6.07, 6.45) is 4.86. The zero-order chi connectivity index (χ0) is 11.3. The van der Waals surface area contributed by atoms with Crippen LogP contribution >= 0.6 is 0 Å². The average molecular weight is 208 g/mol. The van der Waals surface area contributed by atoms with Gasteiger partial charge in [-0.1, -0.05) is 20.3 Å². The number of hydrogen-bond acceptors (Lipinski definition) is 4. The third kappa shape index (κ3) is 2.75. The second-order valence-corrected chi connectivity index (χ2v) is 3.47. The lowest BCUT2D eigenvalue weighted by Gasteiger charge is -2.09. The van der Waals surface area contributed by atoms with E-state index >= 15 is 0 Å². The predicted molar refractivity (Wildman–Crippen MR) is 57.0 cm³/mol. The first kappa shape index (κ1) is 11.6. The van der Waals surface area contributed by atoms with Gasteiger partial charge in [0.1, 0.15) is 0 Å². The van der Waals surface area contributed by atoms with Gasteiger partial charge in [-0.2, -0.15) is 0 Å². The number of rotatable bonds is 5. The van der Waals surface area contributed by atoms with Crippen molar-refractivity contribution in [1.82, 2.24) is 9.97 Å². The highest BCUT2D eigenvalue weighted by molar-refractivity contribution is 5.97. The molecule has 1 aromatic rings. The minimum absolute atomic E-state index is 0.00167. The van der Waals surface area contributed by atoms with Crippen molar-refractivity contribution in [3.8, 4) is 5.88 Å². The van der Waals surface area contributed by atoms with Gasteiger partial charge in [0.2, 0.25) is 5.88 Å². The van der Waals surface area contributed by atoms with Crippen LogP contribution < -0.4 is 4.74 Å². The van der Waals surface area contributed by atoms with E-state index in [9.17, 15) is 4.79 Å². The second-order valence-electron chi connectivity index (χ2n) is 3.47. The molecule has 0 aliphatic carbocycles. The predicted octanol–water partition coefficient (Wildman–Crippen LogP) is 2.10. The Kier molecular flexibility index (Phi) is 4.21. The van der Waals surface area contributed by atoms with Crippen LogP contribution in [0.15, 0.2) is 12.4 Å². The van der Waals surface area contributed by atoms with E-state index in [1.807, 2.05) is 6.92 Å². The molecule has 0 N–H and O–H groups in total. The maximum atomic E-state index is 11.9. The van der Waals surface area contributed by atoms with Gasteiger partial charge in [0, 0.05) is 18.3 Å². The summed E-state index contributed by atoms with van der Waals surface area (Å²) in [6, 6.07) is 0. The van der Waals surface area contributed by atoms with E-state index in [2.05, 4.69) is 16.9 Å². The third-order valence-corrected chi connectivity index (χ3v) is 2.26. The molecular weight excluding hydrogens is 192 g/mol. The number of carbonyl (C=O) groups is 1. The van der Waals surface area contributed by atoms with Crippen molar-refractivity contribution in [2.45, 2.75) is 26.7 Å². The first-order chi connectivity index (χ1) is 7.20. The number of ketones is 1. The van der Waals surface area contributed by atoms with E-state index in [4.69, 9.17) is 4.74 Å². The number of methoxy groups -OCH3 is 1. The molecule has 0 spiro atoms. The zero-order valence-corrected chi connectivity index (χ0v) is 9.36. The van der Waals surface area contributed by atoms with Crippen molar-refractivity contribution in [3.05, 3.63) is 18.1 Å². The molecule has 0 radical (unpaired) electrons. The maximum absolute atomic E-state index is 11.9. The van der Waals surface area contributed by atoms with Gasteiger partial charge in [0.25, 0.3) is 0 Å². The lowest BCUT2D eigenvalue weighted by molar-refractivity contribution is 0.0914. The first-order valence-corrected chi connectivity index (χ1v) is 5.09. The van der Waals surface area contributed by atoms with Crippen molar-refractivity contribution in [3.63, 3.8) is 0 Å². The van der Waals surface area contributed by atoms with E-state index in [0.29, 0.717) is 11.6 Å². The van der Waals surface area contributed by atoms with Crippen LogP contribution in [0.25, 0.3) is 0 Å². The van der Waals surface area contributed by atoms with E-state index in [1.54, 1.807) is 0 Å². The lowest BCUT2D eigenvalue weighted by atomic mass is 9.99. The molecule has 82 valence electrons. The highest BCUT2D eigenvalue weighted by atomic mass is 16.5. The Morgan fingerprint density at radius 1 is 1.47 bits per heavy atom. The molecule has 4 nitrogen and oxygen atoms in total. The molecule has 0 amide bonds. The van der Waals surface area contributed by atoms with Crippen LogP contribution in [-0.4, -0.2) is 22.9 Å². The largest absolute Gasteiger partial charge is 0.479 e. The Labute approximate surface area is 89.7 Å². The molecule has 1 aromatic heterocycles. The number of hydrogen-bond donors (Lipinski definition) is 0. The van der Waals surface area contributed by atoms with Crippen LogP contribution in [0.2, 0.25) is 0 Å². The highest BCUT2D eigenvalue weighted by Gasteiger charge is 2.20. The topological polar surface area (TPSA) is 52.1 Å². The molecule has 0 bridgehead atoms. The zero-order valence-electron chi connectivity index (χ0n) is 9.36. The van der Waals surface area contributed by atoms with Gasteiger partial charge < -0.3 is 4.74 Å². The quantitative estimate of drug-likeness (QED) is 0.695. The Bertz CT molecular complexity index is 339. The molecule has 4 heteroatoms. The van der Waals surface area contributed by atoms with Crippen molar-refractivity contribution >= 4 is 5.78 Å². The van der Waals surface area contributed by atoms with E-state index < -0.39 is 0 Å². The van der Waals surface area contributed by atoms with Gasteiger partial charge in [0.15, 0.2) is 11.5 Å². The van der Waals surface area contributed by atoms with Crippen molar-refractivity contribution in [2.75, 3.05) is 7.11 Å². The number of ether oxygens (including phenoxy) is 1. The molecule has 15 heavy (non-hydrogen) atoms. The minimum atomic E-state index is -0.0272. The molecule has 0 saturated carbocycles. The second kappa shape index (κ2) is 5.44. The van der Waals surface area contributed by atoms with Crippen LogP contribution in [0.4, 0.5) is 0 Å². The fourth-order valence-corrected chi connectivity index (χ4v) is 1.44. The Morgan fingerprint density at radius 2 is 2.13 bits per heavy atom. The maximum Gasteiger partial charge on any atom is 0.243 e. The molecule has 1 atom stereocenters. The minimum Gasteiger partial charge on any atom is -0.479 e. The third-order valence-electron chi connectivity index (χ3n) is 2.26. The molecule has 0 aromatic carbocycles. The Morgan fingerprint density at radius 3 is 2.73 bits per heavy atom. The van der Waals surface area contributed by atoms with E-state index in [-0.39, 0.29) is 11.7 Å². The standard InChI is InChI=1S/C11H16N2O2/c1-4-5-8(2)10(14)9-11(15-3)13-7-6-12-9/h6-8H,4-5H2,1-3H3. The molecule has 0 aliphatic rings. The molecule has 1 unspecified atom stereocenters. The smallest absolute Gasteiger partial charge is 0.243 e. The van der Waals surface area contributed by atoms with Gasteiger partial charge in [-0.25, -0.2) is 9.97 Å². The molecule has 0 fully saturated rings. The fourth-order valence-electron chi connectivity index (χ4n) is 1.44. The fraction of sp³-hybridized carbons (Fsp3) is 0.545. The van der Waals surface area contributed by atoms with Crippen molar-refractivity contribution < 1.29 is 9.53 Å². The molecule has 0 saturated heterocycles. The van der Waals surface area contributed by atoms with E-state index in [0.717, 1.165) is 12.8 Å². The lowest BCUT2D eigenvalue weighted by Crippen LogP contribution is -2.14. The summed E-state index contributed by atoms with van der Waals surface area (Å²) < 4.78 is 5.00. The van der Waals surface area contributed by atoms with Crippen LogP contribution in [-0.2, 0) is 0 Å². The summed E-state index contributed by atoms with van der Waals surface area (Å²) in [5, 5.41) is 0. The average Bonchev–Trinajstić information content (AvgIpc) is 2.28. The Balaban J connectivity index is 2.90. The number of carbonyl (C=O) groups excluding carboxylic acids is 1. The highest BCUT2D eigenvalue weighted by Crippen LogP contribution is 2.18. The van der Waals surface area contributed by atoms with E-state index in [1.165, 1.54) is 19.5 Å². The van der Waals surface area contributed by atoms with Crippen molar-refractivity contribution in [2.24, 2.45) is 5.92 Å². The molecular formula is C11H16N2O2. The van der Waals surface area contributed by atoms with Crippen molar-refractivity contribution in [1.29, 1.82) is 0 Å². The summed E-state index contributed by atoms with van der Waals surface area (Å²) in [6.45, 7) is 3.96. The van der Waals surface area contributed by atoms with Gasteiger partial charge in [0.05, 0.1) is 7.11 Å². The monoisotopic (exact) mass is 208 g/mol. The molecule has 1 heterocycles. The summed E-state index contributed by atoms with van der Waals surface area (Å²) >= 11 is 0. The Hall–Kier alpha value is -1.45. The van der Waals surface area contributed by atoms with Gasteiger partial charge in [-0.05, 0) is 6.42 Å². The number of nitrogens with zero attached hydrogens (tertiary/aromatic N) is 2. The first-order valence-electron chi connectivity index (χ1n) is 5.09. The normalized spacial score (nSPS) is 12.2. The molecule has 1 rings (SSSR count).